The maximum Gasteiger partial charge on any atom is 0.407 e. The quantitative estimate of drug-likeness (QED) is 0.297. The number of hydrogen-bond donors (Lipinski definition) is 1. The van der Waals surface area contributed by atoms with Crippen LogP contribution in [0.15, 0.2) is 5.16 Å². The minimum atomic E-state index is -0.476. The zero-order chi connectivity index (χ0) is 21.5. The van der Waals surface area contributed by atoms with Crippen molar-refractivity contribution >= 4 is 17.9 Å². The summed E-state index contributed by atoms with van der Waals surface area (Å²) < 4.78 is 5.23. The topological polar surface area (TPSA) is 77.0 Å². The molecule has 0 aromatic carbocycles. The summed E-state index contributed by atoms with van der Waals surface area (Å²) in [4.78, 5) is 25.1. The van der Waals surface area contributed by atoms with Crippen LogP contribution in [0.1, 0.15) is 97.1 Å². The third-order valence-corrected chi connectivity index (χ3v) is 5.18. The van der Waals surface area contributed by atoms with Gasteiger partial charge in [0.25, 0.3) is 0 Å². The number of ether oxygens (including phenoxy) is 1. The maximum absolute atomic E-state index is 11.7. The van der Waals surface area contributed by atoms with Gasteiger partial charge in [-0.15, -0.1) is 0 Å². The Hall–Kier alpha value is -1.37. The molecule has 1 rings (SSSR count). The highest BCUT2D eigenvalue weighted by Gasteiger charge is 2.15. The Bertz CT molecular complexity index is 591. The number of nitrogens with zero attached hydrogens (tertiary/aromatic N) is 3. The largest absolute Gasteiger partial charge is 0.444 e. The van der Waals surface area contributed by atoms with E-state index in [2.05, 4.69) is 27.2 Å². The number of carbonyl (C=O) groups is 1. The maximum atomic E-state index is 11.7. The second-order valence-electron chi connectivity index (χ2n) is 8.44. The van der Waals surface area contributed by atoms with Gasteiger partial charge in [0.1, 0.15) is 17.2 Å². The van der Waals surface area contributed by atoms with Crippen LogP contribution in [0.2, 0.25) is 0 Å². The molecule has 1 heterocycles. The van der Waals surface area contributed by atoms with E-state index in [-0.39, 0.29) is 6.09 Å². The Morgan fingerprint density at radius 1 is 0.966 bits per heavy atom. The van der Waals surface area contributed by atoms with Crippen LogP contribution >= 0.6 is 11.8 Å². The van der Waals surface area contributed by atoms with Gasteiger partial charge in [0.15, 0.2) is 5.16 Å². The van der Waals surface area contributed by atoms with Crippen molar-refractivity contribution in [3.8, 4) is 0 Å². The number of nitrogens with one attached hydrogen (secondary N) is 1. The number of rotatable bonds is 14. The van der Waals surface area contributed by atoms with Gasteiger partial charge in [0.2, 0.25) is 0 Å². The molecule has 0 fully saturated rings. The normalized spacial score (nSPS) is 11.5. The molecular formula is C22H40N4O2S. The van der Waals surface area contributed by atoms with Crippen molar-refractivity contribution in [3.63, 3.8) is 0 Å². The van der Waals surface area contributed by atoms with Gasteiger partial charge < -0.3 is 10.1 Å². The number of aromatic nitrogens is 3. The highest BCUT2D eigenvalue weighted by Crippen LogP contribution is 2.17. The second kappa shape index (κ2) is 14.6. The molecule has 0 radical (unpaired) electrons. The van der Waals surface area contributed by atoms with Crippen LogP contribution in [0.25, 0.3) is 0 Å². The highest BCUT2D eigenvalue weighted by atomic mass is 32.2. The molecule has 6 nitrogen and oxygen atoms in total. The van der Waals surface area contributed by atoms with Gasteiger partial charge in [-0.25, -0.2) is 19.7 Å². The van der Waals surface area contributed by atoms with E-state index in [1.54, 1.807) is 11.8 Å². The highest BCUT2D eigenvalue weighted by molar-refractivity contribution is 7.99. The standard InChI is InChI=1S/C22H40N4O2S/c1-6-7-8-9-10-11-12-13-17-29-20-25-18(2)24-19(26-20)15-14-16-23-21(27)28-22(3,4)5/h6-17H2,1-5H3,(H,23,27). The smallest absolute Gasteiger partial charge is 0.407 e. The number of thioether (sulfide) groups is 1. The van der Waals surface area contributed by atoms with Gasteiger partial charge in [0, 0.05) is 18.7 Å². The monoisotopic (exact) mass is 424 g/mol. The Kier molecular flexibility index (Phi) is 12.9. The van der Waals surface area contributed by atoms with Crippen LogP contribution in [0.3, 0.4) is 0 Å². The van der Waals surface area contributed by atoms with Crippen LogP contribution in [-0.4, -0.2) is 38.9 Å². The first kappa shape index (κ1) is 25.7. The van der Waals surface area contributed by atoms with Crippen LogP contribution < -0.4 is 5.32 Å². The summed E-state index contributed by atoms with van der Waals surface area (Å²) in [6, 6.07) is 0. The van der Waals surface area contributed by atoms with Crippen molar-refractivity contribution in [2.24, 2.45) is 0 Å². The average molecular weight is 425 g/mol. The average Bonchev–Trinajstić information content (AvgIpc) is 2.62. The lowest BCUT2D eigenvalue weighted by molar-refractivity contribution is 0.0527. The van der Waals surface area contributed by atoms with Gasteiger partial charge in [-0.2, -0.15) is 0 Å². The molecule has 166 valence electrons. The molecule has 7 heteroatoms. The summed E-state index contributed by atoms with van der Waals surface area (Å²) in [5, 5.41) is 3.59. The summed E-state index contributed by atoms with van der Waals surface area (Å²) in [5.74, 6) is 2.60. The number of unbranched alkanes of at least 4 members (excludes halogenated alkanes) is 7. The molecule has 29 heavy (non-hydrogen) atoms. The van der Waals surface area contributed by atoms with E-state index in [1.807, 2.05) is 27.7 Å². The van der Waals surface area contributed by atoms with Crippen LogP contribution in [0.5, 0.6) is 0 Å². The van der Waals surface area contributed by atoms with Gasteiger partial charge in [-0.3, -0.25) is 0 Å². The molecule has 0 saturated carbocycles. The minimum absolute atomic E-state index is 0.383. The number of carbonyl (C=O) groups excluding carboxylic acids is 1. The molecule has 0 aliphatic rings. The number of aryl methyl sites for hydroxylation is 2. The first-order valence-corrected chi connectivity index (χ1v) is 12.1. The molecule has 1 amide bonds. The van der Waals surface area contributed by atoms with Crippen molar-refractivity contribution in [2.75, 3.05) is 12.3 Å². The summed E-state index contributed by atoms with van der Waals surface area (Å²) >= 11 is 1.72. The van der Waals surface area contributed by atoms with E-state index in [0.29, 0.717) is 13.0 Å². The fraction of sp³-hybridized carbons (Fsp3) is 0.818. The summed E-state index contributed by atoms with van der Waals surface area (Å²) in [6.45, 7) is 10.3. The second-order valence-corrected chi connectivity index (χ2v) is 9.50. The zero-order valence-electron chi connectivity index (χ0n) is 19.1. The van der Waals surface area contributed by atoms with Gasteiger partial charge >= 0.3 is 6.09 Å². The molecule has 0 atom stereocenters. The molecule has 1 N–H and O–H groups in total. The van der Waals surface area contributed by atoms with Crippen LogP contribution in [0.4, 0.5) is 4.79 Å². The lowest BCUT2D eigenvalue weighted by atomic mass is 10.1. The first-order chi connectivity index (χ1) is 13.8. The van der Waals surface area contributed by atoms with Crippen LogP contribution in [0, 0.1) is 6.92 Å². The van der Waals surface area contributed by atoms with Crippen molar-refractivity contribution in [3.05, 3.63) is 11.6 Å². The molecule has 0 spiro atoms. The van der Waals surface area contributed by atoms with Crippen molar-refractivity contribution in [2.45, 2.75) is 110 Å². The van der Waals surface area contributed by atoms with Crippen molar-refractivity contribution < 1.29 is 9.53 Å². The molecule has 0 saturated heterocycles. The minimum Gasteiger partial charge on any atom is -0.444 e. The van der Waals surface area contributed by atoms with Gasteiger partial charge in [0.05, 0.1) is 0 Å². The van der Waals surface area contributed by atoms with E-state index < -0.39 is 5.60 Å². The molecule has 1 aromatic rings. The third kappa shape index (κ3) is 14.3. The first-order valence-electron chi connectivity index (χ1n) is 11.1. The van der Waals surface area contributed by atoms with E-state index in [4.69, 9.17) is 4.74 Å². The lowest BCUT2D eigenvalue weighted by Crippen LogP contribution is -2.33. The van der Waals surface area contributed by atoms with E-state index in [9.17, 15) is 4.79 Å². The molecule has 0 bridgehead atoms. The number of hydrogen-bond acceptors (Lipinski definition) is 6. The Balaban J connectivity index is 2.22. The van der Waals surface area contributed by atoms with E-state index >= 15 is 0 Å². The van der Waals surface area contributed by atoms with Crippen molar-refractivity contribution in [1.29, 1.82) is 0 Å². The van der Waals surface area contributed by atoms with Gasteiger partial charge in [-0.1, -0.05) is 63.6 Å². The Morgan fingerprint density at radius 3 is 2.28 bits per heavy atom. The zero-order valence-corrected chi connectivity index (χ0v) is 19.9. The Labute approximate surface area is 181 Å². The van der Waals surface area contributed by atoms with E-state index in [1.165, 1.54) is 51.4 Å². The SMILES string of the molecule is CCCCCCCCCCSc1nc(C)nc(CCCNC(=O)OC(C)(C)C)n1. The number of amides is 1. The molecule has 0 aliphatic carbocycles. The fourth-order valence-electron chi connectivity index (χ4n) is 2.84. The fourth-order valence-corrected chi connectivity index (χ4v) is 3.74. The third-order valence-electron chi connectivity index (χ3n) is 4.25. The van der Waals surface area contributed by atoms with E-state index in [0.717, 1.165) is 29.0 Å². The predicted molar refractivity (Wildman–Crippen MR) is 120 cm³/mol. The predicted octanol–water partition coefficient (Wildman–Crippen LogP) is 5.87. The summed E-state index contributed by atoms with van der Waals surface area (Å²) in [7, 11) is 0. The summed E-state index contributed by atoms with van der Waals surface area (Å²) in [6.07, 6.45) is 11.7. The van der Waals surface area contributed by atoms with Crippen LogP contribution in [-0.2, 0) is 11.2 Å². The summed E-state index contributed by atoms with van der Waals surface area (Å²) in [5.41, 5.74) is -0.476. The molecular weight excluding hydrogens is 384 g/mol. The molecule has 1 aromatic heterocycles. The van der Waals surface area contributed by atoms with Gasteiger partial charge in [-0.05, 0) is 40.5 Å². The Morgan fingerprint density at radius 2 is 1.62 bits per heavy atom. The van der Waals surface area contributed by atoms with Crippen molar-refractivity contribution in [1.82, 2.24) is 20.3 Å². The lowest BCUT2D eigenvalue weighted by Gasteiger charge is -2.19. The number of alkyl carbamates (subject to hydrolysis) is 1. The molecule has 0 aliphatic heterocycles. The molecule has 0 unspecified atom stereocenters.